The lowest BCUT2D eigenvalue weighted by molar-refractivity contribution is -0.120. The van der Waals surface area contributed by atoms with Gasteiger partial charge >= 0.3 is 0 Å². The van der Waals surface area contributed by atoms with E-state index in [1.165, 1.54) is 12.0 Å². The van der Waals surface area contributed by atoms with Gasteiger partial charge in [0.05, 0.1) is 6.04 Å². The summed E-state index contributed by atoms with van der Waals surface area (Å²) in [7, 11) is 0. The minimum atomic E-state index is -0.179. The quantitative estimate of drug-likeness (QED) is 0.939. The first-order chi connectivity index (χ1) is 11.7. The highest BCUT2D eigenvalue weighted by atomic mass is 16.2. The molecule has 0 aliphatic carbocycles. The Balaban J connectivity index is 1.39. The standard InChI is InChI=1S/C19H24N4O/c1-14(19(24)23-11-8-15-5-2-3-7-17(15)23)21-13-16-6-4-10-22-12-9-20-18(16)22/h2-3,5,7,9,12,14,16,21H,4,6,8,10-11,13H2,1H3/t14-,16+/m0/s1. The van der Waals surface area contributed by atoms with Crippen molar-refractivity contribution in [1.29, 1.82) is 0 Å². The van der Waals surface area contributed by atoms with Gasteiger partial charge in [0.1, 0.15) is 5.82 Å². The van der Waals surface area contributed by atoms with Gasteiger partial charge in [-0.3, -0.25) is 4.79 Å². The van der Waals surface area contributed by atoms with Gasteiger partial charge in [-0.15, -0.1) is 0 Å². The molecule has 1 aromatic carbocycles. The van der Waals surface area contributed by atoms with Crippen molar-refractivity contribution in [1.82, 2.24) is 14.9 Å². The van der Waals surface area contributed by atoms with E-state index >= 15 is 0 Å². The number of nitrogens with zero attached hydrogens (tertiary/aromatic N) is 3. The third-order valence-corrected chi connectivity index (χ3v) is 5.26. The Labute approximate surface area is 142 Å². The summed E-state index contributed by atoms with van der Waals surface area (Å²) in [4.78, 5) is 19.2. The monoisotopic (exact) mass is 324 g/mol. The van der Waals surface area contributed by atoms with Gasteiger partial charge in [0.25, 0.3) is 0 Å². The maximum absolute atomic E-state index is 12.8. The Morgan fingerprint density at radius 2 is 2.25 bits per heavy atom. The van der Waals surface area contributed by atoms with E-state index in [-0.39, 0.29) is 11.9 Å². The van der Waals surface area contributed by atoms with E-state index in [0.717, 1.165) is 44.0 Å². The molecule has 126 valence electrons. The molecular weight excluding hydrogens is 300 g/mol. The molecule has 0 bridgehead atoms. The molecule has 5 heteroatoms. The number of hydrogen-bond acceptors (Lipinski definition) is 3. The third kappa shape index (κ3) is 2.73. The number of aromatic nitrogens is 2. The Kier molecular flexibility index (Phi) is 4.10. The number of nitrogens with one attached hydrogen (secondary N) is 1. The van der Waals surface area contributed by atoms with E-state index in [0.29, 0.717) is 5.92 Å². The molecule has 0 saturated heterocycles. The summed E-state index contributed by atoms with van der Waals surface area (Å²) in [5, 5.41) is 3.45. The number of carbonyl (C=O) groups excluding carboxylic acids is 1. The number of rotatable bonds is 4. The molecule has 2 aliphatic heterocycles. The summed E-state index contributed by atoms with van der Waals surface area (Å²) in [5.74, 6) is 1.72. The van der Waals surface area contributed by atoms with E-state index in [9.17, 15) is 4.79 Å². The first-order valence-corrected chi connectivity index (χ1v) is 8.88. The van der Waals surface area contributed by atoms with E-state index in [1.807, 2.05) is 36.2 Å². The number of benzene rings is 1. The summed E-state index contributed by atoms with van der Waals surface area (Å²) >= 11 is 0. The number of fused-ring (bicyclic) bond motifs is 2. The first-order valence-electron chi connectivity index (χ1n) is 8.88. The van der Waals surface area contributed by atoms with E-state index in [4.69, 9.17) is 0 Å². The lowest BCUT2D eigenvalue weighted by atomic mass is 9.98. The zero-order valence-corrected chi connectivity index (χ0v) is 14.1. The van der Waals surface area contributed by atoms with E-state index in [2.05, 4.69) is 27.1 Å². The van der Waals surface area contributed by atoms with Crippen molar-refractivity contribution in [2.75, 3.05) is 18.0 Å². The zero-order chi connectivity index (χ0) is 16.5. The van der Waals surface area contributed by atoms with Gasteiger partial charge in [0, 0.05) is 43.6 Å². The molecule has 2 aromatic rings. The molecule has 0 saturated carbocycles. The van der Waals surface area contributed by atoms with E-state index < -0.39 is 0 Å². The molecule has 2 aliphatic rings. The largest absolute Gasteiger partial charge is 0.335 e. The van der Waals surface area contributed by atoms with Crippen molar-refractivity contribution in [3.8, 4) is 0 Å². The smallest absolute Gasteiger partial charge is 0.243 e. The summed E-state index contributed by atoms with van der Waals surface area (Å²) in [6, 6.07) is 8.03. The number of imidazole rings is 1. The van der Waals surface area contributed by atoms with Crippen LogP contribution in [0.15, 0.2) is 36.7 Å². The van der Waals surface area contributed by atoms with Gasteiger partial charge in [-0.2, -0.15) is 0 Å². The van der Waals surface area contributed by atoms with Crippen LogP contribution >= 0.6 is 0 Å². The number of anilines is 1. The van der Waals surface area contributed by atoms with Crippen molar-refractivity contribution < 1.29 is 4.79 Å². The van der Waals surface area contributed by atoms with Crippen LogP contribution in [0, 0.1) is 0 Å². The summed E-state index contributed by atoms with van der Waals surface area (Å²) in [6.07, 6.45) is 7.20. The lowest BCUT2D eigenvalue weighted by Crippen LogP contribution is -2.45. The van der Waals surface area contributed by atoms with Crippen LogP contribution in [0.25, 0.3) is 0 Å². The van der Waals surface area contributed by atoms with Gasteiger partial charge in [-0.25, -0.2) is 4.98 Å². The van der Waals surface area contributed by atoms with Crippen LogP contribution in [0.3, 0.4) is 0 Å². The SMILES string of the molecule is C[C@H](NC[C@H]1CCCn2ccnc21)C(=O)N1CCc2ccccc21. The molecule has 2 atom stereocenters. The summed E-state index contributed by atoms with van der Waals surface area (Å²) in [5.41, 5.74) is 2.34. The molecule has 1 N–H and O–H groups in total. The minimum absolute atomic E-state index is 0.166. The van der Waals surface area contributed by atoms with E-state index in [1.54, 1.807) is 0 Å². The topological polar surface area (TPSA) is 50.2 Å². The second-order valence-corrected chi connectivity index (χ2v) is 6.82. The van der Waals surface area contributed by atoms with Gasteiger partial charge < -0.3 is 14.8 Å². The molecule has 0 unspecified atom stereocenters. The Morgan fingerprint density at radius 1 is 1.38 bits per heavy atom. The minimum Gasteiger partial charge on any atom is -0.335 e. The number of hydrogen-bond donors (Lipinski definition) is 1. The maximum Gasteiger partial charge on any atom is 0.243 e. The Hall–Kier alpha value is -2.14. The second-order valence-electron chi connectivity index (χ2n) is 6.82. The van der Waals surface area contributed by atoms with Gasteiger partial charge in [0.2, 0.25) is 5.91 Å². The fourth-order valence-corrected chi connectivity index (χ4v) is 3.91. The highest BCUT2D eigenvalue weighted by Gasteiger charge is 2.28. The second kappa shape index (κ2) is 6.40. The van der Waals surface area contributed by atoms with Crippen LogP contribution in [0.1, 0.15) is 37.1 Å². The van der Waals surface area contributed by atoms with Crippen molar-refractivity contribution in [2.24, 2.45) is 0 Å². The van der Waals surface area contributed by atoms with Crippen LogP contribution in [-0.2, 0) is 17.8 Å². The third-order valence-electron chi connectivity index (χ3n) is 5.26. The van der Waals surface area contributed by atoms with Crippen molar-refractivity contribution in [3.63, 3.8) is 0 Å². The zero-order valence-electron chi connectivity index (χ0n) is 14.1. The van der Waals surface area contributed by atoms with Crippen LogP contribution in [0.4, 0.5) is 5.69 Å². The fourth-order valence-electron chi connectivity index (χ4n) is 3.91. The average Bonchev–Trinajstić information content (AvgIpc) is 3.25. The summed E-state index contributed by atoms with van der Waals surface area (Å²) in [6.45, 7) is 4.63. The van der Waals surface area contributed by atoms with Crippen LogP contribution in [0.5, 0.6) is 0 Å². The molecule has 0 fully saturated rings. The van der Waals surface area contributed by atoms with Crippen LogP contribution in [0.2, 0.25) is 0 Å². The molecule has 4 rings (SSSR count). The highest BCUT2D eigenvalue weighted by Crippen LogP contribution is 2.28. The van der Waals surface area contributed by atoms with Crippen LogP contribution < -0.4 is 10.2 Å². The maximum atomic E-state index is 12.8. The molecule has 0 radical (unpaired) electrons. The predicted octanol–water partition coefficient (Wildman–Crippen LogP) is 2.33. The van der Waals surface area contributed by atoms with Gasteiger partial charge in [-0.05, 0) is 37.8 Å². The Morgan fingerprint density at radius 3 is 3.17 bits per heavy atom. The molecular formula is C19H24N4O. The van der Waals surface area contributed by atoms with Gasteiger partial charge in [0.15, 0.2) is 0 Å². The molecule has 24 heavy (non-hydrogen) atoms. The predicted molar refractivity (Wildman–Crippen MR) is 94.2 cm³/mol. The molecule has 3 heterocycles. The normalized spacial score (nSPS) is 20.5. The number of para-hydroxylation sites is 1. The number of aryl methyl sites for hydroxylation is 1. The van der Waals surface area contributed by atoms with Crippen molar-refractivity contribution in [2.45, 2.75) is 44.7 Å². The molecule has 1 aromatic heterocycles. The number of carbonyl (C=O) groups is 1. The highest BCUT2D eigenvalue weighted by molar-refractivity contribution is 5.98. The van der Waals surface area contributed by atoms with Crippen molar-refractivity contribution in [3.05, 3.63) is 48.0 Å². The number of amides is 1. The molecule has 5 nitrogen and oxygen atoms in total. The van der Waals surface area contributed by atoms with Crippen molar-refractivity contribution >= 4 is 11.6 Å². The molecule has 1 amide bonds. The van der Waals surface area contributed by atoms with Crippen LogP contribution in [-0.4, -0.2) is 34.6 Å². The molecule has 0 spiro atoms. The lowest BCUT2D eigenvalue weighted by Gasteiger charge is -2.27. The fraction of sp³-hybridized carbons (Fsp3) is 0.474. The average molecular weight is 324 g/mol. The Bertz CT molecular complexity index is 738. The first kappa shape index (κ1) is 15.4. The summed E-state index contributed by atoms with van der Waals surface area (Å²) < 4.78 is 2.24. The van der Waals surface area contributed by atoms with Gasteiger partial charge in [-0.1, -0.05) is 18.2 Å².